The summed E-state index contributed by atoms with van der Waals surface area (Å²) in [5.74, 6) is -0.0577. The van der Waals surface area contributed by atoms with Crippen LogP contribution in [0.5, 0.6) is 5.88 Å². The summed E-state index contributed by atoms with van der Waals surface area (Å²) in [6.45, 7) is 0.896. The predicted molar refractivity (Wildman–Crippen MR) is 83.5 cm³/mol. The van der Waals surface area contributed by atoms with E-state index in [1.165, 1.54) is 11.3 Å². The van der Waals surface area contributed by atoms with Gasteiger partial charge in [0.1, 0.15) is 0 Å². The molecule has 1 aromatic carbocycles. The zero-order valence-corrected chi connectivity index (χ0v) is 12.6. The van der Waals surface area contributed by atoms with Crippen LogP contribution in [-0.2, 0) is 11.3 Å². The molecule has 4 N–H and O–H groups in total. The fourth-order valence-electron chi connectivity index (χ4n) is 2.44. The van der Waals surface area contributed by atoms with Crippen LogP contribution in [0.15, 0.2) is 29.8 Å². The lowest BCUT2D eigenvalue weighted by molar-refractivity contribution is -0.123. The van der Waals surface area contributed by atoms with Crippen LogP contribution in [0, 0.1) is 0 Å². The third-order valence-electron chi connectivity index (χ3n) is 3.66. The third-order valence-corrected chi connectivity index (χ3v) is 4.52. The maximum atomic E-state index is 11.9. The molecular formula is C15H17N3O3S. The number of aliphatic hydroxyl groups excluding tert-OH is 1. The van der Waals surface area contributed by atoms with Crippen LogP contribution in [0.3, 0.4) is 0 Å². The molecule has 7 heteroatoms. The van der Waals surface area contributed by atoms with E-state index >= 15 is 0 Å². The van der Waals surface area contributed by atoms with E-state index in [2.05, 4.69) is 15.6 Å². The number of thiazole rings is 1. The Morgan fingerprint density at radius 2 is 2.18 bits per heavy atom. The number of hydrogen-bond acceptors (Lipinski definition) is 6. The van der Waals surface area contributed by atoms with Gasteiger partial charge in [-0.3, -0.25) is 4.79 Å². The van der Waals surface area contributed by atoms with Gasteiger partial charge in [-0.2, -0.15) is 0 Å². The van der Waals surface area contributed by atoms with E-state index in [0.717, 1.165) is 16.0 Å². The van der Waals surface area contributed by atoms with Crippen LogP contribution < -0.4 is 10.6 Å². The molecule has 2 aromatic rings. The second-order valence-corrected chi connectivity index (χ2v) is 6.12. The number of carbonyl (C=O) groups excluding carboxylic acids is 1. The first kappa shape index (κ1) is 15.0. The van der Waals surface area contributed by atoms with Gasteiger partial charge in [-0.25, -0.2) is 4.98 Å². The molecule has 3 rings (SSSR count). The second kappa shape index (κ2) is 6.43. The molecule has 0 saturated carbocycles. The second-order valence-electron chi connectivity index (χ2n) is 5.27. The zero-order chi connectivity index (χ0) is 15.5. The van der Waals surface area contributed by atoms with E-state index in [9.17, 15) is 15.0 Å². The maximum Gasteiger partial charge on any atom is 0.237 e. The average Bonchev–Trinajstić information content (AvgIpc) is 3.14. The average molecular weight is 319 g/mol. The van der Waals surface area contributed by atoms with Crippen LogP contribution in [-0.4, -0.2) is 39.8 Å². The number of aromatic hydroxyl groups is 1. The molecule has 1 aliphatic rings. The van der Waals surface area contributed by atoms with E-state index in [-0.39, 0.29) is 17.8 Å². The summed E-state index contributed by atoms with van der Waals surface area (Å²) in [5, 5.41) is 24.9. The molecular weight excluding hydrogens is 302 g/mol. The van der Waals surface area contributed by atoms with Crippen molar-refractivity contribution in [2.24, 2.45) is 0 Å². The molecule has 2 atom stereocenters. The predicted octanol–water partition coefficient (Wildman–Crippen LogP) is 0.855. The van der Waals surface area contributed by atoms with E-state index < -0.39 is 6.10 Å². The van der Waals surface area contributed by atoms with Crippen molar-refractivity contribution in [3.63, 3.8) is 0 Å². The summed E-state index contributed by atoms with van der Waals surface area (Å²) in [4.78, 5) is 16.5. The minimum absolute atomic E-state index is 0.0388. The summed E-state index contributed by atoms with van der Waals surface area (Å²) >= 11 is 1.38. The van der Waals surface area contributed by atoms with Crippen LogP contribution in [0.25, 0.3) is 10.4 Å². The van der Waals surface area contributed by atoms with E-state index in [1.54, 1.807) is 5.51 Å². The summed E-state index contributed by atoms with van der Waals surface area (Å²) in [6.07, 6.45) is 0.0113. The van der Waals surface area contributed by atoms with Gasteiger partial charge in [0.15, 0.2) is 0 Å². The number of hydrogen-bond donors (Lipinski definition) is 4. The highest BCUT2D eigenvalue weighted by Crippen LogP contribution is 2.31. The topological polar surface area (TPSA) is 94.5 Å². The summed E-state index contributed by atoms with van der Waals surface area (Å²) in [6, 6.07) is 7.29. The Balaban J connectivity index is 1.57. The molecule has 6 nitrogen and oxygen atoms in total. The van der Waals surface area contributed by atoms with Crippen molar-refractivity contribution >= 4 is 17.2 Å². The lowest BCUT2D eigenvalue weighted by atomic mass is 10.1. The van der Waals surface area contributed by atoms with E-state index in [4.69, 9.17) is 0 Å². The standard InChI is InChI=1S/C15H17N3O3S/c19-11-5-12(16-7-11)14(20)17-6-9-1-3-10(4-2-9)13-15(21)18-8-22-13/h1-4,8,11-12,16,19,21H,5-7H2,(H,17,20)/t11-,12+/m1/s1. The van der Waals surface area contributed by atoms with Gasteiger partial charge in [0.2, 0.25) is 11.8 Å². The quantitative estimate of drug-likeness (QED) is 0.670. The van der Waals surface area contributed by atoms with Crippen LogP contribution in [0.4, 0.5) is 0 Å². The van der Waals surface area contributed by atoms with Crippen molar-refractivity contribution in [3.8, 4) is 16.3 Å². The van der Waals surface area contributed by atoms with Crippen molar-refractivity contribution < 1.29 is 15.0 Å². The Labute approximate surface area is 131 Å². The lowest BCUT2D eigenvalue weighted by Crippen LogP contribution is -2.39. The van der Waals surface area contributed by atoms with Crippen molar-refractivity contribution in [2.75, 3.05) is 6.54 Å². The monoisotopic (exact) mass is 319 g/mol. The van der Waals surface area contributed by atoms with Gasteiger partial charge in [0, 0.05) is 13.1 Å². The number of nitrogens with one attached hydrogen (secondary N) is 2. The van der Waals surface area contributed by atoms with Gasteiger partial charge in [0.25, 0.3) is 0 Å². The van der Waals surface area contributed by atoms with Crippen molar-refractivity contribution in [1.29, 1.82) is 0 Å². The smallest absolute Gasteiger partial charge is 0.237 e. The molecule has 116 valence electrons. The fourth-order valence-corrected chi connectivity index (χ4v) is 3.13. The number of nitrogens with zero attached hydrogens (tertiary/aromatic N) is 1. The highest BCUT2D eigenvalue weighted by atomic mass is 32.1. The first-order valence-electron chi connectivity index (χ1n) is 7.04. The normalized spacial score (nSPS) is 21.0. The van der Waals surface area contributed by atoms with Crippen molar-refractivity contribution in [1.82, 2.24) is 15.6 Å². The molecule has 0 aliphatic carbocycles. The molecule has 1 aliphatic heterocycles. The molecule has 2 heterocycles. The Hall–Kier alpha value is -1.96. The SMILES string of the molecule is O=C(NCc1ccc(-c2scnc2O)cc1)[C@@H]1C[C@@H](O)CN1. The molecule has 0 spiro atoms. The number of aliphatic hydroxyl groups is 1. The van der Waals surface area contributed by atoms with Gasteiger partial charge in [-0.1, -0.05) is 24.3 Å². The number of amides is 1. The van der Waals surface area contributed by atoms with Crippen LogP contribution in [0.2, 0.25) is 0 Å². The molecule has 0 radical (unpaired) electrons. The molecule has 1 fully saturated rings. The first-order chi connectivity index (χ1) is 10.6. The van der Waals surface area contributed by atoms with Gasteiger partial charge >= 0.3 is 0 Å². The number of benzene rings is 1. The largest absolute Gasteiger partial charge is 0.492 e. The summed E-state index contributed by atoms with van der Waals surface area (Å²) in [5.41, 5.74) is 3.47. The van der Waals surface area contributed by atoms with Gasteiger partial charge < -0.3 is 20.8 Å². The third kappa shape index (κ3) is 3.27. The van der Waals surface area contributed by atoms with E-state index in [1.807, 2.05) is 24.3 Å². The lowest BCUT2D eigenvalue weighted by Gasteiger charge is -2.11. The maximum absolute atomic E-state index is 11.9. The van der Waals surface area contributed by atoms with E-state index in [0.29, 0.717) is 19.5 Å². The number of aromatic nitrogens is 1. The minimum atomic E-state index is -0.442. The molecule has 0 bridgehead atoms. The highest BCUT2D eigenvalue weighted by molar-refractivity contribution is 7.13. The van der Waals surface area contributed by atoms with Crippen molar-refractivity contribution in [3.05, 3.63) is 35.3 Å². The summed E-state index contributed by atoms with van der Waals surface area (Å²) in [7, 11) is 0. The Kier molecular flexibility index (Phi) is 4.37. The van der Waals surface area contributed by atoms with Crippen LogP contribution in [0.1, 0.15) is 12.0 Å². The molecule has 1 aromatic heterocycles. The van der Waals surface area contributed by atoms with Gasteiger partial charge in [0.05, 0.1) is 22.5 Å². The van der Waals surface area contributed by atoms with Crippen LogP contribution >= 0.6 is 11.3 Å². The highest BCUT2D eigenvalue weighted by Gasteiger charge is 2.27. The Morgan fingerprint density at radius 1 is 1.41 bits per heavy atom. The molecule has 22 heavy (non-hydrogen) atoms. The number of carbonyl (C=O) groups is 1. The minimum Gasteiger partial charge on any atom is -0.492 e. The zero-order valence-electron chi connectivity index (χ0n) is 11.8. The van der Waals surface area contributed by atoms with Gasteiger partial charge in [-0.15, -0.1) is 11.3 Å². The Bertz CT molecular complexity index is 656. The Morgan fingerprint density at radius 3 is 2.77 bits per heavy atom. The molecule has 0 unspecified atom stereocenters. The van der Waals surface area contributed by atoms with Gasteiger partial charge in [-0.05, 0) is 17.5 Å². The number of β-amino-alcohol motifs (C(OH)–C–C–N with tert-alkyl or cyclic N) is 1. The molecule has 1 amide bonds. The molecule has 1 saturated heterocycles. The van der Waals surface area contributed by atoms with Crippen molar-refractivity contribution in [2.45, 2.75) is 25.1 Å². The first-order valence-corrected chi connectivity index (χ1v) is 7.92. The number of rotatable bonds is 4. The fraction of sp³-hybridized carbons (Fsp3) is 0.333. The summed E-state index contributed by atoms with van der Waals surface area (Å²) < 4.78 is 0.